The van der Waals surface area contributed by atoms with Crippen molar-refractivity contribution >= 4 is 11.6 Å². The molecule has 0 spiro atoms. The molecule has 0 saturated heterocycles. The lowest BCUT2D eigenvalue weighted by molar-refractivity contribution is 0.102. The van der Waals surface area contributed by atoms with Gasteiger partial charge in [0, 0.05) is 12.6 Å². The van der Waals surface area contributed by atoms with Crippen molar-refractivity contribution in [3.8, 4) is 11.5 Å². The van der Waals surface area contributed by atoms with E-state index in [0.717, 1.165) is 5.75 Å². The van der Waals surface area contributed by atoms with Crippen molar-refractivity contribution in [3.05, 3.63) is 72.4 Å². The number of ether oxygens (including phenoxy) is 1. The van der Waals surface area contributed by atoms with Crippen molar-refractivity contribution < 1.29 is 13.9 Å². The van der Waals surface area contributed by atoms with Gasteiger partial charge in [-0.3, -0.25) is 4.79 Å². The number of nitrogens with zero attached hydrogens (tertiary/aromatic N) is 1. The minimum atomic E-state index is -0.312. The highest BCUT2D eigenvalue weighted by atomic mass is 16.5. The lowest BCUT2D eigenvalue weighted by Gasteiger charge is -2.07. The third-order valence-corrected chi connectivity index (χ3v) is 2.94. The summed E-state index contributed by atoms with van der Waals surface area (Å²) in [5, 5.41) is 2.75. The number of carbonyl (C=O) groups excluding carboxylic acids is 1. The second-order valence-corrected chi connectivity index (χ2v) is 4.65. The summed E-state index contributed by atoms with van der Waals surface area (Å²) in [6, 6.07) is 16.6. The molecule has 2 aromatic carbocycles. The van der Waals surface area contributed by atoms with E-state index in [0.29, 0.717) is 17.3 Å². The molecule has 5 nitrogen and oxygen atoms in total. The Morgan fingerprint density at radius 1 is 1.05 bits per heavy atom. The van der Waals surface area contributed by atoms with Crippen LogP contribution in [-0.4, -0.2) is 10.9 Å². The van der Waals surface area contributed by atoms with Gasteiger partial charge >= 0.3 is 0 Å². The Bertz CT molecular complexity index is 764. The number of hydrogen-bond donors (Lipinski definition) is 1. The smallest absolute Gasteiger partial charge is 0.277 e. The Hall–Kier alpha value is -3.08. The van der Waals surface area contributed by atoms with Crippen molar-refractivity contribution in [2.24, 2.45) is 0 Å². The number of benzene rings is 2. The fourth-order valence-corrected chi connectivity index (χ4v) is 1.89. The number of nitrogens with one attached hydrogen (secondary N) is 1. The highest BCUT2D eigenvalue weighted by Gasteiger charge is 2.10. The molecule has 0 atom stereocenters. The first kappa shape index (κ1) is 13.9. The molecule has 0 radical (unpaired) electrons. The van der Waals surface area contributed by atoms with E-state index in [1.165, 1.54) is 6.26 Å². The van der Waals surface area contributed by atoms with E-state index in [9.17, 15) is 4.79 Å². The molecule has 1 N–H and O–H groups in total. The van der Waals surface area contributed by atoms with Gasteiger partial charge in [0.15, 0.2) is 11.6 Å². The Morgan fingerprint density at radius 3 is 2.36 bits per heavy atom. The first-order valence-corrected chi connectivity index (χ1v) is 6.77. The summed E-state index contributed by atoms with van der Waals surface area (Å²) in [6.45, 7) is 1.69. The van der Waals surface area contributed by atoms with E-state index in [2.05, 4.69) is 10.3 Å². The third-order valence-electron chi connectivity index (χ3n) is 2.94. The number of aromatic nitrogens is 1. The van der Waals surface area contributed by atoms with E-state index >= 15 is 0 Å². The normalized spacial score (nSPS) is 10.2. The van der Waals surface area contributed by atoms with Crippen LogP contribution in [-0.2, 0) is 0 Å². The average molecular weight is 294 g/mol. The molecule has 0 aliphatic heterocycles. The van der Waals surface area contributed by atoms with Gasteiger partial charge in [-0.2, -0.15) is 0 Å². The van der Waals surface area contributed by atoms with E-state index in [4.69, 9.17) is 9.15 Å². The van der Waals surface area contributed by atoms with Crippen LogP contribution < -0.4 is 10.1 Å². The minimum Gasteiger partial charge on any atom is -0.457 e. The highest BCUT2D eigenvalue weighted by molar-refractivity contribution is 6.02. The van der Waals surface area contributed by atoms with Crippen molar-refractivity contribution in [2.45, 2.75) is 6.92 Å². The number of hydrogen-bond acceptors (Lipinski definition) is 4. The molecule has 3 aromatic rings. The molecule has 0 bridgehead atoms. The lowest BCUT2D eigenvalue weighted by Crippen LogP contribution is -2.12. The first-order chi connectivity index (χ1) is 10.7. The van der Waals surface area contributed by atoms with Crippen LogP contribution in [0.5, 0.6) is 11.5 Å². The molecule has 1 amide bonds. The second-order valence-electron chi connectivity index (χ2n) is 4.65. The average Bonchev–Trinajstić information content (AvgIpc) is 2.97. The molecule has 1 heterocycles. The van der Waals surface area contributed by atoms with Crippen molar-refractivity contribution in [3.63, 3.8) is 0 Å². The standard InChI is InChI=1S/C17H14N2O3/c1-12-18-16(11-21-12)17(20)19-13-7-9-15(10-8-13)22-14-5-3-2-4-6-14/h2-11H,1H3,(H,19,20). The third kappa shape index (κ3) is 3.32. The molecule has 0 unspecified atom stereocenters. The van der Waals surface area contributed by atoms with Crippen molar-refractivity contribution in [1.82, 2.24) is 4.98 Å². The van der Waals surface area contributed by atoms with Crippen LogP contribution in [0, 0.1) is 6.92 Å². The summed E-state index contributed by atoms with van der Waals surface area (Å²) in [7, 11) is 0. The fraction of sp³-hybridized carbons (Fsp3) is 0.0588. The molecule has 1 aromatic heterocycles. The summed E-state index contributed by atoms with van der Waals surface area (Å²) in [5.41, 5.74) is 0.910. The maximum absolute atomic E-state index is 11.9. The van der Waals surface area contributed by atoms with E-state index in [-0.39, 0.29) is 11.6 Å². The number of carbonyl (C=O) groups is 1. The van der Waals surface area contributed by atoms with Crippen LogP contribution in [0.15, 0.2) is 65.3 Å². The van der Waals surface area contributed by atoms with Gasteiger partial charge in [0.25, 0.3) is 5.91 Å². The summed E-state index contributed by atoms with van der Waals surface area (Å²) in [4.78, 5) is 15.9. The van der Waals surface area contributed by atoms with E-state index < -0.39 is 0 Å². The number of aryl methyl sites for hydroxylation is 1. The molecule has 0 saturated carbocycles. The number of rotatable bonds is 4. The molecule has 0 aliphatic carbocycles. The number of para-hydroxylation sites is 1. The minimum absolute atomic E-state index is 0.252. The number of amides is 1. The molecular formula is C17H14N2O3. The van der Waals surface area contributed by atoms with E-state index in [1.807, 2.05) is 30.3 Å². The number of anilines is 1. The van der Waals surface area contributed by atoms with Gasteiger partial charge in [-0.05, 0) is 36.4 Å². The van der Waals surface area contributed by atoms with Crippen molar-refractivity contribution in [2.75, 3.05) is 5.32 Å². The van der Waals surface area contributed by atoms with Crippen LogP contribution in [0.1, 0.15) is 16.4 Å². The fourth-order valence-electron chi connectivity index (χ4n) is 1.89. The maximum atomic E-state index is 11.9. The zero-order valence-corrected chi connectivity index (χ0v) is 11.9. The first-order valence-electron chi connectivity index (χ1n) is 6.77. The Labute approximate surface area is 127 Å². The predicted molar refractivity (Wildman–Crippen MR) is 82.2 cm³/mol. The Morgan fingerprint density at radius 2 is 1.73 bits per heavy atom. The molecule has 0 aliphatic rings. The van der Waals surface area contributed by atoms with Crippen LogP contribution in [0.25, 0.3) is 0 Å². The van der Waals surface area contributed by atoms with Gasteiger partial charge in [-0.1, -0.05) is 18.2 Å². The SMILES string of the molecule is Cc1nc(C(=O)Nc2ccc(Oc3ccccc3)cc2)co1. The van der Waals surface area contributed by atoms with Gasteiger partial charge in [0.05, 0.1) is 0 Å². The van der Waals surface area contributed by atoms with Crippen LogP contribution in [0.3, 0.4) is 0 Å². The molecule has 5 heteroatoms. The second kappa shape index (κ2) is 6.13. The lowest BCUT2D eigenvalue weighted by atomic mass is 10.3. The zero-order valence-electron chi connectivity index (χ0n) is 11.9. The van der Waals surface area contributed by atoms with Gasteiger partial charge in [0.2, 0.25) is 0 Å². The highest BCUT2D eigenvalue weighted by Crippen LogP contribution is 2.22. The Balaban J connectivity index is 1.65. The van der Waals surface area contributed by atoms with Gasteiger partial charge in [-0.25, -0.2) is 4.98 Å². The molecule has 0 fully saturated rings. The summed E-state index contributed by atoms with van der Waals surface area (Å²) < 4.78 is 10.7. The summed E-state index contributed by atoms with van der Waals surface area (Å²) in [6.07, 6.45) is 1.33. The summed E-state index contributed by atoms with van der Waals surface area (Å²) >= 11 is 0. The molecular weight excluding hydrogens is 280 g/mol. The largest absolute Gasteiger partial charge is 0.457 e. The Kier molecular flexibility index (Phi) is 3.87. The maximum Gasteiger partial charge on any atom is 0.277 e. The molecule has 22 heavy (non-hydrogen) atoms. The van der Waals surface area contributed by atoms with Gasteiger partial charge in [-0.15, -0.1) is 0 Å². The van der Waals surface area contributed by atoms with Gasteiger partial charge in [0.1, 0.15) is 17.8 Å². The van der Waals surface area contributed by atoms with Crippen LogP contribution in [0.4, 0.5) is 5.69 Å². The van der Waals surface area contributed by atoms with E-state index in [1.54, 1.807) is 31.2 Å². The summed E-state index contributed by atoms with van der Waals surface area (Å²) in [5.74, 6) is 1.60. The van der Waals surface area contributed by atoms with Gasteiger partial charge < -0.3 is 14.5 Å². The van der Waals surface area contributed by atoms with Crippen LogP contribution >= 0.6 is 0 Å². The quantitative estimate of drug-likeness (QED) is 0.789. The van der Waals surface area contributed by atoms with Crippen LogP contribution in [0.2, 0.25) is 0 Å². The topological polar surface area (TPSA) is 64.4 Å². The predicted octanol–water partition coefficient (Wildman–Crippen LogP) is 4.03. The number of oxazole rings is 1. The zero-order chi connectivity index (χ0) is 15.4. The monoisotopic (exact) mass is 294 g/mol. The molecule has 110 valence electrons. The molecule has 3 rings (SSSR count). The van der Waals surface area contributed by atoms with Crippen molar-refractivity contribution in [1.29, 1.82) is 0 Å².